The number of pyridine rings is 1. The molecule has 4 atom stereocenters. The molecule has 1 amide bonds. The van der Waals surface area contributed by atoms with Gasteiger partial charge in [0.1, 0.15) is 11.3 Å². The average Bonchev–Trinajstić information content (AvgIpc) is 2.83. The standard InChI is InChI=1S/C26H31N3O3/c1-32-22-9-4-7-19-23(22)27-14-20(25(19)30)26(31)29-11-5-6-16-12-17-13-18(24(16)29)15-28-10-3-2-8-21(17)28/h4,7,9,12,14,17-18,21,24H,2-3,5-6,8,10-11,13,15H2,1H3,(H,27,30)/t17-,18+,21-,24-/m0/s1. The largest absolute Gasteiger partial charge is 0.495 e. The third kappa shape index (κ3) is 3.03. The minimum atomic E-state index is -0.216. The maximum absolute atomic E-state index is 13.8. The number of ether oxygens (including phenoxy) is 1. The number of methoxy groups -OCH3 is 1. The Morgan fingerprint density at radius 3 is 2.97 bits per heavy atom. The molecule has 3 aliphatic heterocycles. The van der Waals surface area contributed by atoms with E-state index >= 15 is 0 Å². The number of amides is 1. The van der Waals surface area contributed by atoms with Crippen LogP contribution in [0.1, 0.15) is 48.9 Å². The summed E-state index contributed by atoms with van der Waals surface area (Å²) < 4.78 is 5.38. The molecular weight excluding hydrogens is 402 g/mol. The van der Waals surface area contributed by atoms with Crippen molar-refractivity contribution in [3.63, 3.8) is 0 Å². The normalized spacial score (nSPS) is 29.8. The molecule has 0 unspecified atom stereocenters. The van der Waals surface area contributed by atoms with Crippen LogP contribution in [0.5, 0.6) is 5.75 Å². The Labute approximate surface area is 188 Å². The minimum absolute atomic E-state index is 0.134. The average molecular weight is 434 g/mol. The van der Waals surface area contributed by atoms with Crippen molar-refractivity contribution in [2.75, 3.05) is 26.7 Å². The molecule has 1 aromatic carbocycles. The second-order valence-corrected chi connectivity index (χ2v) is 9.92. The monoisotopic (exact) mass is 433 g/mol. The Morgan fingerprint density at radius 2 is 2.09 bits per heavy atom. The van der Waals surface area contributed by atoms with E-state index in [0.717, 1.165) is 25.9 Å². The fraction of sp³-hybridized carbons (Fsp3) is 0.538. The number of para-hydroxylation sites is 1. The van der Waals surface area contributed by atoms with E-state index in [0.29, 0.717) is 34.5 Å². The van der Waals surface area contributed by atoms with Crippen LogP contribution in [0.25, 0.3) is 10.9 Å². The highest BCUT2D eigenvalue weighted by molar-refractivity contribution is 5.98. The van der Waals surface area contributed by atoms with Crippen molar-refractivity contribution in [1.29, 1.82) is 0 Å². The molecule has 1 aliphatic carbocycles. The Hall–Kier alpha value is -2.60. The first kappa shape index (κ1) is 20.0. The number of carbonyl (C=O) groups excluding carboxylic acids is 1. The molecular formula is C26H31N3O3. The van der Waals surface area contributed by atoms with E-state index in [-0.39, 0.29) is 22.9 Å². The number of H-pyrrole nitrogens is 1. The smallest absolute Gasteiger partial charge is 0.259 e. The van der Waals surface area contributed by atoms with Gasteiger partial charge in [0.15, 0.2) is 0 Å². The summed E-state index contributed by atoms with van der Waals surface area (Å²) in [5.74, 6) is 1.58. The van der Waals surface area contributed by atoms with Crippen molar-refractivity contribution in [3.05, 3.63) is 51.8 Å². The predicted molar refractivity (Wildman–Crippen MR) is 124 cm³/mol. The minimum Gasteiger partial charge on any atom is -0.495 e. The Bertz CT molecular complexity index is 1150. The molecule has 168 valence electrons. The predicted octanol–water partition coefficient (Wildman–Crippen LogP) is 3.57. The summed E-state index contributed by atoms with van der Waals surface area (Å²) in [6, 6.07) is 6.20. The molecule has 6 heteroatoms. The summed E-state index contributed by atoms with van der Waals surface area (Å²) in [5, 5.41) is 0.500. The van der Waals surface area contributed by atoms with E-state index in [4.69, 9.17) is 4.74 Å². The zero-order valence-corrected chi connectivity index (χ0v) is 18.7. The van der Waals surface area contributed by atoms with Gasteiger partial charge in [0.2, 0.25) is 5.43 Å². The number of nitrogens with one attached hydrogen (secondary N) is 1. The van der Waals surface area contributed by atoms with Crippen LogP contribution in [0.3, 0.4) is 0 Å². The molecule has 0 saturated carbocycles. The maximum Gasteiger partial charge on any atom is 0.259 e. The van der Waals surface area contributed by atoms with E-state index in [1.807, 2.05) is 11.0 Å². The van der Waals surface area contributed by atoms with Gasteiger partial charge in [-0.3, -0.25) is 14.5 Å². The van der Waals surface area contributed by atoms with Gasteiger partial charge in [-0.2, -0.15) is 0 Å². The first-order valence-electron chi connectivity index (χ1n) is 12.1. The van der Waals surface area contributed by atoms with E-state index < -0.39 is 0 Å². The molecule has 6 nitrogen and oxygen atoms in total. The van der Waals surface area contributed by atoms with Crippen LogP contribution < -0.4 is 10.2 Å². The summed E-state index contributed by atoms with van der Waals surface area (Å²) in [5.41, 5.74) is 2.10. The SMILES string of the molecule is COc1cccc2c(=O)c(C(=O)N3CCCC4=C[C@H]5C[C@H](CN6CCCC[C@@H]56)[C@H]43)c[nH]c12. The fourth-order valence-corrected chi connectivity index (χ4v) is 6.91. The number of aromatic nitrogens is 1. The molecule has 32 heavy (non-hydrogen) atoms. The van der Waals surface area contributed by atoms with Gasteiger partial charge in [-0.25, -0.2) is 0 Å². The Kier molecular flexibility index (Phi) is 4.86. The molecule has 2 bridgehead atoms. The van der Waals surface area contributed by atoms with Gasteiger partial charge < -0.3 is 14.6 Å². The third-order valence-electron chi connectivity index (χ3n) is 8.24. The van der Waals surface area contributed by atoms with Gasteiger partial charge in [0.25, 0.3) is 5.91 Å². The van der Waals surface area contributed by atoms with Crippen LogP contribution in [0, 0.1) is 11.8 Å². The summed E-state index contributed by atoms with van der Waals surface area (Å²) in [6.07, 6.45) is 11.3. The molecule has 4 aliphatic rings. The number of fused-ring (bicyclic) bond motifs is 7. The van der Waals surface area contributed by atoms with E-state index in [9.17, 15) is 9.59 Å². The lowest BCUT2D eigenvalue weighted by Gasteiger charge is -2.54. The number of nitrogens with zero attached hydrogens (tertiary/aromatic N) is 2. The maximum atomic E-state index is 13.8. The van der Waals surface area contributed by atoms with Crippen molar-refractivity contribution in [3.8, 4) is 5.75 Å². The summed E-state index contributed by atoms with van der Waals surface area (Å²) >= 11 is 0. The van der Waals surface area contributed by atoms with Crippen LogP contribution in [0.4, 0.5) is 0 Å². The molecule has 3 saturated heterocycles. The zero-order valence-electron chi connectivity index (χ0n) is 18.7. The fourth-order valence-electron chi connectivity index (χ4n) is 6.91. The topological polar surface area (TPSA) is 65.6 Å². The lowest BCUT2D eigenvalue weighted by Crippen LogP contribution is -2.60. The lowest BCUT2D eigenvalue weighted by atomic mass is 9.68. The van der Waals surface area contributed by atoms with Crippen molar-refractivity contribution >= 4 is 16.8 Å². The van der Waals surface area contributed by atoms with E-state index in [1.54, 1.807) is 25.4 Å². The van der Waals surface area contributed by atoms with Crippen LogP contribution in [-0.2, 0) is 0 Å². The number of benzene rings is 1. The molecule has 6 rings (SSSR count). The molecule has 2 aromatic rings. The third-order valence-corrected chi connectivity index (χ3v) is 8.24. The van der Waals surface area contributed by atoms with Crippen LogP contribution in [0.15, 0.2) is 40.8 Å². The summed E-state index contributed by atoms with van der Waals surface area (Å²) in [4.78, 5) is 34.9. The van der Waals surface area contributed by atoms with Crippen LogP contribution in [0.2, 0.25) is 0 Å². The number of likely N-dealkylation sites (tertiary alicyclic amines) is 1. The van der Waals surface area contributed by atoms with Gasteiger partial charge in [-0.05, 0) is 62.6 Å². The number of hydrogen-bond donors (Lipinski definition) is 1. The van der Waals surface area contributed by atoms with Gasteiger partial charge in [0, 0.05) is 25.3 Å². The quantitative estimate of drug-likeness (QED) is 0.736. The van der Waals surface area contributed by atoms with Crippen molar-refractivity contribution < 1.29 is 9.53 Å². The Balaban J connectivity index is 1.36. The highest BCUT2D eigenvalue weighted by atomic mass is 16.5. The highest BCUT2D eigenvalue weighted by Crippen LogP contribution is 2.45. The van der Waals surface area contributed by atoms with Gasteiger partial charge in [-0.15, -0.1) is 0 Å². The number of rotatable bonds is 2. The molecule has 3 fully saturated rings. The first-order valence-corrected chi connectivity index (χ1v) is 12.1. The van der Waals surface area contributed by atoms with Crippen LogP contribution in [-0.4, -0.2) is 59.5 Å². The first-order chi connectivity index (χ1) is 15.7. The number of aromatic amines is 1. The van der Waals surface area contributed by atoms with Crippen molar-refractivity contribution in [1.82, 2.24) is 14.8 Å². The number of piperidine rings is 3. The van der Waals surface area contributed by atoms with Gasteiger partial charge in [-0.1, -0.05) is 24.1 Å². The molecule has 0 spiro atoms. The zero-order chi connectivity index (χ0) is 21.8. The summed E-state index contributed by atoms with van der Waals surface area (Å²) in [6.45, 7) is 2.99. The Morgan fingerprint density at radius 1 is 1.19 bits per heavy atom. The molecule has 0 radical (unpaired) electrons. The second-order valence-electron chi connectivity index (χ2n) is 9.92. The van der Waals surface area contributed by atoms with E-state index in [1.165, 1.54) is 37.8 Å². The summed E-state index contributed by atoms with van der Waals surface area (Å²) in [7, 11) is 1.58. The van der Waals surface area contributed by atoms with Crippen LogP contribution >= 0.6 is 0 Å². The molecule has 1 N–H and O–H groups in total. The van der Waals surface area contributed by atoms with Gasteiger partial charge in [0.05, 0.1) is 24.1 Å². The lowest BCUT2D eigenvalue weighted by molar-refractivity contribution is 0.00143. The number of hydrogen-bond acceptors (Lipinski definition) is 4. The highest BCUT2D eigenvalue weighted by Gasteiger charge is 2.47. The molecule has 4 heterocycles. The molecule has 1 aromatic heterocycles. The second kappa shape index (κ2) is 7.77. The van der Waals surface area contributed by atoms with Crippen molar-refractivity contribution in [2.24, 2.45) is 11.8 Å². The number of carbonyl (C=O) groups is 1. The van der Waals surface area contributed by atoms with Gasteiger partial charge >= 0.3 is 0 Å². The van der Waals surface area contributed by atoms with E-state index in [2.05, 4.69) is 16.0 Å². The van der Waals surface area contributed by atoms with Crippen molar-refractivity contribution in [2.45, 2.75) is 50.6 Å².